The normalized spacial score (nSPS) is 14.5. The lowest BCUT2D eigenvalue weighted by molar-refractivity contribution is -0.145. The third-order valence-corrected chi connectivity index (χ3v) is 7.03. The number of nitrogens with zero attached hydrogens (tertiary/aromatic N) is 2. The summed E-state index contributed by atoms with van der Waals surface area (Å²) in [7, 11) is 3.22. The summed E-state index contributed by atoms with van der Waals surface area (Å²) in [5.74, 6) is 2.99. The smallest absolute Gasteiger partial charge is 0.242 e. The first kappa shape index (κ1) is 26.6. The summed E-state index contributed by atoms with van der Waals surface area (Å²) in [5.41, 5.74) is 1.04. The van der Waals surface area contributed by atoms with E-state index in [9.17, 15) is 9.59 Å². The van der Waals surface area contributed by atoms with Crippen molar-refractivity contribution in [1.82, 2.24) is 9.80 Å². The van der Waals surface area contributed by atoms with E-state index in [4.69, 9.17) is 13.9 Å². The van der Waals surface area contributed by atoms with Gasteiger partial charge in [-0.2, -0.15) is 0 Å². The lowest BCUT2D eigenvalue weighted by Gasteiger charge is -2.33. The molecule has 0 aliphatic heterocycles. The lowest BCUT2D eigenvalue weighted by atomic mass is 10.0. The molecule has 35 heavy (non-hydrogen) atoms. The molecule has 1 aromatic carbocycles. The van der Waals surface area contributed by atoms with Crippen molar-refractivity contribution in [1.29, 1.82) is 0 Å². The minimum absolute atomic E-state index is 0.0191. The molecular formula is C28H40N2O5. The van der Waals surface area contributed by atoms with Gasteiger partial charge in [-0.1, -0.05) is 25.8 Å². The number of aryl methyl sites for hydroxylation is 1. The van der Waals surface area contributed by atoms with Crippen molar-refractivity contribution in [3.8, 4) is 11.5 Å². The first-order valence-electron chi connectivity index (χ1n) is 12.7. The van der Waals surface area contributed by atoms with Gasteiger partial charge in [-0.3, -0.25) is 9.59 Å². The van der Waals surface area contributed by atoms with Crippen molar-refractivity contribution in [2.75, 3.05) is 27.3 Å². The minimum atomic E-state index is -0.0637. The molecule has 0 spiro atoms. The van der Waals surface area contributed by atoms with Crippen LogP contribution in [0.1, 0.15) is 63.0 Å². The third kappa shape index (κ3) is 7.03. The molecule has 2 amide bonds. The van der Waals surface area contributed by atoms with E-state index in [-0.39, 0.29) is 30.3 Å². The Labute approximate surface area is 209 Å². The summed E-state index contributed by atoms with van der Waals surface area (Å²) in [4.78, 5) is 30.5. The number of methoxy groups -OCH3 is 2. The minimum Gasteiger partial charge on any atom is -0.493 e. The highest BCUT2D eigenvalue weighted by atomic mass is 16.5. The largest absolute Gasteiger partial charge is 0.493 e. The van der Waals surface area contributed by atoms with Crippen LogP contribution in [0.3, 0.4) is 0 Å². The van der Waals surface area contributed by atoms with Crippen LogP contribution < -0.4 is 9.47 Å². The van der Waals surface area contributed by atoms with E-state index in [1.165, 1.54) is 0 Å². The van der Waals surface area contributed by atoms with Crippen molar-refractivity contribution in [2.45, 2.75) is 71.9 Å². The molecule has 3 rings (SSSR count). The highest BCUT2D eigenvalue weighted by Gasteiger charge is 2.31. The Morgan fingerprint density at radius 2 is 1.80 bits per heavy atom. The molecule has 1 aromatic heterocycles. The zero-order chi connectivity index (χ0) is 25.4. The highest BCUT2D eigenvalue weighted by Crippen LogP contribution is 2.29. The predicted octanol–water partition coefficient (Wildman–Crippen LogP) is 4.99. The first-order valence-corrected chi connectivity index (χ1v) is 12.7. The van der Waals surface area contributed by atoms with Gasteiger partial charge in [-0.05, 0) is 69.4 Å². The molecule has 1 saturated carbocycles. The summed E-state index contributed by atoms with van der Waals surface area (Å²) in [6.07, 6.45) is 5.49. The van der Waals surface area contributed by atoms with Gasteiger partial charge in [-0.25, -0.2) is 0 Å². The third-order valence-electron chi connectivity index (χ3n) is 7.03. The van der Waals surface area contributed by atoms with Crippen LogP contribution in [0.4, 0.5) is 0 Å². The van der Waals surface area contributed by atoms with Crippen molar-refractivity contribution in [3.05, 3.63) is 47.4 Å². The summed E-state index contributed by atoms with van der Waals surface area (Å²) < 4.78 is 16.5. The van der Waals surface area contributed by atoms with Gasteiger partial charge in [-0.15, -0.1) is 0 Å². The van der Waals surface area contributed by atoms with Gasteiger partial charge in [0.25, 0.3) is 0 Å². The molecule has 1 aliphatic rings. The van der Waals surface area contributed by atoms with Gasteiger partial charge in [0, 0.05) is 18.5 Å². The maximum absolute atomic E-state index is 13.6. The summed E-state index contributed by atoms with van der Waals surface area (Å²) in [6.45, 7) is 6.95. The topological polar surface area (TPSA) is 72.2 Å². The van der Waals surface area contributed by atoms with E-state index in [1.807, 2.05) is 44.2 Å². The maximum atomic E-state index is 13.6. The highest BCUT2D eigenvalue weighted by molar-refractivity contribution is 5.86. The molecule has 1 unspecified atom stereocenters. The van der Waals surface area contributed by atoms with Crippen LogP contribution in [0.5, 0.6) is 11.5 Å². The average molecular weight is 485 g/mol. The number of amides is 2. The van der Waals surface area contributed by atoms with Gasteiger partial charge in [0.05, 0.1) is 20.8 Å². The van der Waals surface area contributed by atoms with Crippen molar-refractivity contribution in [3.63, 3.8) is 0 Å². The Kier molecular flexibility index (Phi) is 9.64. The number of ether oxygens (including phenoxy) is 2. The SMILES string of the molecule is CCC(C)N(CC(=O)N(CCc1ccc(OC)c(OC)c1)Cc1ccc(C)o1)C(=O)C1CCCC1. The summed E-state index contributed by atoms with van der Waals surface area (Å²) in [5, 5.41) is 0. The predicted molar refractivity (Wildman–Crippen MR) is 136 cm³/mol. The number of carbonyl (C=O) groups is 2. The second-order valence-corrected chi connectivity index (χ2v) is 9.47. The van der Waals surface area contributed by atoms with Crippen LogP contribution in [0.25, 0.3) is 0 Å². The standard InChI is InChI=1S/C28H40N2O5/c1-6-20(2)30(28(32)23-9-7-8-10-23)19-27(31)29(18-24-13-11-21(3)35-24)16-15-22-12-14-25(33-4)26(17-22)34-5/h11-14,17,20,23H,6-10,15-16,18-19H2,1-5H3. The van der Waals surface area contributed by atoms with E-state index < -0.39 is 0 Å². The zero-order valence-corrected chi connectivity index (χ0v) is 21.8. The van der Waals surface area contributed by atoms with E-state index in [0.29, 0.717) is 31.0 Å². The summed E-state index contributed by atoms with van der Waals surface area (Å²) >= 11 is 0. The van der Waals surface area contributed by atoms with Crippen LogP contribution in [0, 0.1) is 12.8 Å². The zero-order valence-electron chi connectivity index (χ0n) is 21.8. The van der Waals surface area contributed by atoms with E-state index in [0.717, 1.165) is 49.2 Å². The van der Waals surface area contributed by atoms with Crippen molar-refractivity contribution in [2.24, 2.45) is 5.92 Å². The molecule has 1 fully saturated rings. The Morgan fingerprint density at radius 1 is 1.09 bits per heavy atom. The fourth-order valence-corrected chi connectivity index (χ4v) is 4.67. The van der Waals surface area contributed by atoms with Gasteiger partial charge >= 0.3 is 0 Å². The van der Waals surface area contributed by atoms with E-state index >= 15 is 0 Å². The number of carbonyl (C=O) groups excluding carboxylic acids is 2. The molecular weight excluding hydrogens is 444 g/mol. The quantitative estimate of drug-likeness (QED) is 0.424. The van der Waals surface area contributed by atoms with Gasteiger partial charge < -0.3 is 23.7 Å². The number of benzene rings is 1. The molecule has 0 radical (unpaired) electrons. The van der Waals surface area contributed by atoms with Crippen LogP contribution in [-0.4, -0.2) is 55.0 Å². The van der Waals surface area contributed by atoms with E-state index in [1.54, 1.807) is 24.0 Å². The molecule has 1 atom stereocenters. The second-order valence-electron chi connectivity index (χ2n) is 9.47. The monoisotopic (exact) mass is 484 g/mol. The Bertz CT molecular complexity index is 979. The molecule has 7 nitrogen and oxygen atoms in total. The Hall–Kier alpha value is -2.96. The molecule has 1 heterocycles. The fourth-order valence-electron chi connectivity index (χ4n) is 4.67. The maximum Gasteiger partial charge on any atom is 0.242 e. The number of rotatable bonds is 12. The Morgan fingerprint density at radius 3 is 2.40 bits per heavy atom. The molecule has 0 bridgehead atoms. The molecule has 2 aromatic rings. The Balaban J connectivity index is 1.76. The molecule has 7 heteroatoms. The van der Waals surface area contributed by atoms with Crippen LogP contribution in [-0.2, 0) is 22.6 Å². The molecule has 192 valence electrons. The van der Waals surface area contributed by atoms with Gasteiger partial charge in [0.2, 0.25) is 11.8 Å². The fraction of sp³-hybridized carbons (Fsp3) is 0.571. The van der Waals surface area contributed by atoms with Crippen molar-refractivity contribution >= 4 is 11.8 Å². The van der Waals surface area contributed by atoms with Gasteiger partial charge in [0.15, 0.2) is 11.5 Å². The van der Waals surface area contributed by atoms with Gasteiger partial charge in [0.1, 0.15) is 18.1 Å². The van der Waals surface area contributed by atoms with E-state index in [2.05, 4.69) is 6.92 Å². The van der Waals surface area contributed by atoms with Crippen LogP contribution in [0.2, 0.25) is 0 Å². The lowest BCUT2D eigenvalue weighted by Crippen LogP contribution is -2.48. The average Bonchev–Trinajstić information content (AvgIpc) is 3.55. The van der Waals surface area contributed by atoms with Crippen molar-refractivity contribution < 1.29 is 23.5 Å². The summed E-state index contributed by atoms with van der Waals surface area (Å²) in [6, 6.07) is 9.62. The molecule has 0 N–H and O–H groups in total. The first-order chi connectivity index (χ1) is 16.9. The molecule has 1 aliphatic carbocycles. The number of hydrogen-bond donors (Lipinski definition) is 0. The number of furan rings is 1. The molecule has 0 saturated heterocycles. The number of hydrogen-bond acceptors (Lipinski definition) is 5. The second kappa shape index (κ2) is 12.7. The van der Waals surface area contributed by atoms with Crippen LogP contribution >= 0.6 is 0 Å². The van der Waals surface area contributed by atoms with Crippen LogP contribution in [0.15, 0.2) is 34.7 Å².